The lowest BCUT2D eigenvalue weighted by molar-refractivity contribution is 0.112. The summed E-state index contributed by atoms with van der Waals surface area (Å²) in [6, 6.07) is -0.101. The summed E-state index contributed by atoms with van der Waals surface area (Å²) in [5, 5.41) is 0. The van der Waals surface area contributed by atoms with Gasteiger partial charge in [0.05, 0.1) is 0 Å². The Labute approximate surface area is 124 Å². The Morgan fingerprint density at radius 1 is 1.30 bits per heavy atom. The molecule has 1 rings (SSSR count). The Balaban J connectivity index is 2.96. The highest BCUT2D eigenvalue weighted by atomic mass is 32.2. The molecule has 0 amide bonds. The fourth-order valence-corrected chi connectivity index (χ4v) is 5.13. The number of likely N-dealkylation sites (N-methyl/N-ethyl adjacent to an activating group) is 1. The van der Waals surface area contributed by atoms with Crippen molar-refractivity contribution in [2.75, 3.05) is 13.1 Å². The van der Waals surface area contributed by atoms with Crippen LogP contribution < -0.4 is 10.5 Å². The summed E-state index contributed by atoms with van der Waals surface area (Å²) in [5.41, 5.74) is 5.59. The molecule has 0 bridgehead atoms. The van der Waals surface area contributed by atoms with Crippen LogP contribution in [-0.2, 0) is 10.2 Å². The van der Waals surface area contributed by atoms with Gasteiger partial charge < -0.3 is 5.73 Å². The smallest absolute Gasteiger partial charge is 0.280 e. The van der Waals surface area contributed by atoms with Crippen LogP contribution in [0.4, 0.5) is 0 Å². The zero-order valence-corrected chi connectivity index (χ0v) is 14.2. The SMILES string of the molecule is CCC1CCC(CN)(N(CC)S(=O)(=O)NC(C)C)CC1. The Morgan fingerprint density at radius 2 is 1.85 bits per heavy atom. The van der Waals surface area contributed by atoms with Crippen LogP contribution in [0.3, 0.4) is 0 Å². The minimum Gasteiger partial charge on any atom is -0.329 e. The van der Waals surface area contributed by atoms with E-state index in [0.29, 0.717) is 19.0 Å². The second-order valence-corrected chi connectivity index (χ2v) is 7.85. The van der Waals surface area contributed by atoms with Crippen molar-refractivity contribution in [2.24, 2.45) is 11.7 Å². The van der Waals surface area contributed by atoms with Gasteiger partial charge in [-0.1, -0.05) is 20.3 Å². The van der Waals surface area contributed by atoms with E-state index in [2.05, 4.69) is 11.6 Å². The molecule has 1 saturated carbocycles. The zero-order valence-electron chi connectivity index (χ0n) is 13.4. The molecule has 0 aromatic carbocycles. The summed E-state index contributed by atoms with van der Waals surface area (Å²) in [7, 11) is -3.46. The predicted molar refractivity (Wildman–Crippen MR) is 83.6 cm³/mol. The first-order chi connectivity index (χ1) is 9.31. The van der Waals surface area contributed by atoms with Crippen LogP contribution in [-0.4, -0.2) is 37.4 Å². The molecule has 20 heavy (non-hydrogen) atoms. The number of nitrogens with two attached hydrogens (primary N) is 1. The molecule has 0 aliphatic heterocycles. The van der Waals surface area contributed by atoms with Crippen molar-refractivity contribution in [1.82, 2.24) is 9.03 Å². The van der Waals surface area contributed by atoms with Gasteiger partial charge in [-0.05, 0) is 45.4 Å². The van der Waals surface area contributed by atoms with E-state index in [0.717, 1.165) is 25.7 Å². The van der Waals surface area contributed by atoms with Gasteiger partial charge >= 0.3 is 0 Å². The fraction of sp³-hybridized carbons (Fsp3) is 1.00. The van der Waals surface area contributed by atoms with Crippen LogP contribution in [0.2, 0.25) is 0 Å². The highest BCUT2D eigenvalue weighted by Gasteiger charge is 2.43. The average Bonchev–Trinajstić information content (AvgIpc) is 2.38. The van der Waals surface area contributed by atoms with Gasteiger partial charge in [-0.3, -0.25) is 0 Å². The summed E-state index contributed by atoms with van der Waals surface area (Å²) in [6.45, 7) is 8.65. The van der Waals surface area contributed by atoms with Crippen LogP contribution in [0.5, 0.6) is 0 Å². The maximum Gasteiger partial charge on any atom is 0.280 e. The molecule has 1 aliphatic rings. The van der Waals surface area contributed by atoms with E-state index in [1.54, 1.807) is 4.31 Å². The fourth-order valence-electron chi connectivity index (χ4n) is 3.30. The molecule has 6 heteroatoms. The average molecular weight is 305 g/mol. The van der Waals surface area contributed by atoms with Gasteiger partial charge in [0.15, 0.2) is 0 Å². The summed E-state index contributed by atoms with van der Waals surface area (Å²) in [4.78, 5) is 0. The van der Waals surface area contributed by atoms with Crippen molar-refractivity contribution in [3.8, 4) is 0 Å². The molecule has 120 valence electrons. The van der Waals surface area contributed by atoms with E-state index < -0.39 is 15.7 Å². The molecule has 1 fully saturated rings. The number of nitrogens with zero attached hydrogens (tertiary/aromatic N) is 1. The van der Waals surface area contributed by atoms with E-state index in [1.165, 1.54) is 6.42 Å². The quantitative estimate of drug-likeness (QED) is 0.753. The third kappa shape index (κ3) is 3.93. The maximum absolute atomic E-state index is 12.5. The van der Waals surface area contributed by atoms with Gasteiger partial charge in [0.25, 0.3) is 10.2 Å². The lowest BCUT2D eigenvalue weighted by atomic mass is 9.75. The van der Waals surface area contributed by atoms with Crippen LogP contribution in [0, 0.1) is 5.92 Å². The third-order valence-electron chi connectivity index (χ3n) is 4.48. The molecule has 0 unspecified atom stereocenters. The number of nitrogens with one attached hydrogen (secondary N) is 1. The van der Waals surface area contributed by atoms with E-state index in [-0.39, 0.29) is 6.04 Å². The molecule has 5 nitrogen and oxygen atoms in total. The van der Waals surface area contributed by atoms with Gasteiger partial charge in [0, 0.05) is 24.7 Å². The summed E-state index contributed by atoms with van der Waals surface area (Å²) in [5.74, 6) is 0.717. The second-order valence-electron chi connectivity index (χ2n) is 6.22. The number of rotatable bonds is 7. The van der Waals surface area contributed by atoms with Crippen LogP contribution in [0.15, 0.2) is 0 Å². The normalized spacial score (nSPS) is 28.2. The molecular formula is C14H31N3O2S. The monoisotopic (exact) mass is 305 g/mol. The topological polar surface area (TPSA) is 75.4 Å². The lowest BCUT2D eigenvalue weighted by Gasteiger charge is -2.46. The number of hydrogen-bond donors (Lipinski definition) is 2. The maximum atomic E-state index is 12.5. The molecular weight excluding hydrogens is 274 g/mol. The van der Waals surface area contributed by atoms with Gasteiger partial charge in [0.1, 0.15) is 0 Å². The van der Waals surface area contributed by atoms with Crippen molar-refractivity contribution < 1.29 is 8.42 Å². The molecule has 0 radical (unpaired) electrons. The molecule has 1 aliphatic carbocycles. The molecule has 0 aromatic heterocycles. The second kappa shape index (κ2) is 7.20. The van der Waals surface area contributed by atoms with Crippen molar-refractivity contribution >= 4 is 10.2 Å². The largest absolute Gasteiger partial charge is 0.329 e. The van der Waals surface area contributed by atoms with Crippen molar-refractivity contribution in [2.45, 2.75) is 71.4 Å². The first-order valence-electron chi connectivity index (χ1n) is 7.81. The Morgan fingerprint density at radius 3 is 2.20 bits per heavy atom. The Hall–Kier alpha value is -0.170. The Bertz CT molecular complexity index is 387. The van der Waals surface area contributed by atoms with Gasteiger partial charge in [-0.2, -0.15) is 17.4 Å². The van der Waals surface area contributed by atoms with E-state index in [1.807, 2.05) is 20.8 Å². The molecule has 3 N–H and O–H groups in total. The van der Waals surface area contributed by atoms with Crippen molar-refractivity contribution in [3.63, 3.8) is 0 Å². The number of hydrogen-bond acceptors (Lipinski definition) is 3. The minimum absolute atomic E-state index is 0.101. The highest BCUT2D eigenvalue weighted by molar-refractivity contribution is 7.87. The first kappa shape index (κ1) is 17.9. The van der Waals surface area contributed by atoms with E-state index >= 15 is 0 Å². The van der Waals surface area contributed by atoms with Crippen molar-refractivity contribution in [1.29, 1.82) is 0 Å². The van der Waals surface area contributed by atoms with Crippen molar-refractivity contribution in [3.05, 3.63) is 0 Å². The predicted octanol–water partition coefficient (Wildman–Crippen LogP) is 1.85. The molecule has 0 saturated heterocycles. The summed E-state index contributed by atoms with van der Waals surface area (Å²) < 4.78 is 29.4. The Kier molecular flexibility index (Phi) is 6.44. The van der Waals surface area contributed by atoms with Gasteiger partial charge in [0.2, 0.25) is 0 Å². The highest BCUT2D eigenvalue weighted by Crippen LogP contribution is 2.38. The van der Waals surface area contributed by atoms with Gasteiger partial charge in [-0.25, -0.2) is 0 Å². The van der Waals surface area contributed by atoms with Gasteiger partial charge in [-0.15, -0.1) is 0 Å². The third-order valence-corrected chi connectivity index (χ3v) is 6.48. The zero-order chi connectivity index (χ0) is 15.4. The molecule has 0 heterocycles. The lowest BCUT2D eigenvalue weighted by Crippen LogP contribution is -2.60. The molecule has 0 atom stereocenters. The van der Waals surface area contributed by atoms with E-state index in [9.17, 15) is 8.42 Å². The summed E-state index contributed by atoms with van der Waals surface area (Å²) in [6.07, 6.45) is 5.05. The minimum atomic E-state index is -3.46. The van der Waals surface area contributed by atoms with Crippen LogP contribution in [0.25, 0.3) is 0 Å². The van der Waals surface area contributed by atoms with Crippen LogP contribution in [0.1, 0.15) is 59.8 Å². The molecule has 0 spiro atoms. The first-order valence-corrected chi connectivity index (χ1v) is 9.25. The standard InChI is InChI=1S/C14H31N3O2S/c1-5-13-7-9-14(11-15,10-8-13)17(6-2)20(18,19)16-12(3)4/h12-13,16H,5-11,15H2,1-4H3. The summed E-state index contributed by atoms with van der Waals surface area (Å²) >= 11 is 0. The van der Waals surface area contributed by atoms with Crippen LogP contribution >= 0.6 is 0 Å². The van der Waals surface area contributed by atoms with E-state index in [4.69, 9.17) is 5.73 Å². The molecule has 0 aromatic rings.